The summed E-state index contributed by atoms with van der Waals surface area (Å²) in [5.41, 5.74) is 1.01. The van der Waals surface area contributed by atoms with Crippen LogP contribution in [-0.4, -0.2) is 105 Å². The lowest BCUT2D eigenvalue weighted by Crippen LogP contribution is -2.51. The zero-order valence-corrected chi connectivity index (χ0v) is 19.6. The molecule has 0 radical (unpaired) electrons. The van der Waals surface area contributed by atoms with Gasteiger partial charge in [-0.05, 0) is 25.6 Å². The van der Waals surface area contributed by atoms with Gasteiger partial charge in [0.1, 0.15) is 0 Å². The minimum absolute atomic E-state index is 0.197. The normalized spacial score (nSPS) is 14.3. The lowest BCUT2D eigenvalue weighted by Gasteiger charge is -2.38. The zero-order chi connectivity index (χ0) is 26.3. The van der Waals surface area contributed by atoms with Crippen LogP contribution in [0.2, 0.25) is 0 Å². The number of carboxylic acids is 4. The average molecular weight is 484 g/mol. The number of hydrogen-bond donors (Lipinski definition) is 4. The topological polar surface area (TPSA) is 176 Å². The van der Waals surface area contributed by atoms with E-state index in [0.717, 1.165) is 45.0 Å². The predicted molar refractivity (Wildman–Crippen MR) is 123 cm³/mol. The number of para-hydroxylation sites is 1. The molecule has 4 N–H and O–H groups in total. The number of carboxylic acid groups (broad SMARTS) is 4. The molecule has 1 fully saturated rings. The van der Waals surface area contributed by atoms with Crippen LogP contribution in [0.15, 0.2) is 30.3 Å². The number of benzene rings is 1. The molecule has 0 aromatic heterocycles. The quantitative estimate of drug-likeness (QED) is 0.420. The summed E-state index contributed by atoms with van der Waals surface area (Å²) in [4.78, 5) is 55.7. The van der Waals surface area contributed by atoms with Crippen molar-refractivity contribution in [1.82, 2.24) is 9.80 Å². The third kappa shape index (κ3) is 11.9. The van der Waals surface area contributed by atoms with Crippen LogP contribution >= 0.6 is 0 Å². The van der Waals surface area contributed by atoms with Gasteiger partial charge < -0.3 is 30.2 Å². The molecule has 2 rings (SSSR count). The lowest BCUT2D eigenvalue weighted by atomic mass is 10.1. The molecule has 0 bridgehead atoms. The predicted octanol–water partition coefficient (Wildman–Crippen LogP) is 0.767. The Hall–Kier alpha value is -3.51. The van der Waals surface area contributed by atoms with Crippen molar-refractivity contribution in [1.29, 1.82) is 0 Å². The van der Waals surface area contributed by atoms with Gasteiger partial charge in [0.25, 0.3) is 0 Å². The smallest absolute Gasteiger partial charge is 0.414 e. The molecule has 1 saturated heterocycles. The molecule has 0 aliphatic carbocycles. The Morgan fingerprint density at radius 3 is 1.56 bits per heavy atom. The van der Waals surface area contributed by atoms with E-state index in [4.69, 9.17) is 39.6 Å². The molecule has 12 nitrogen and oxygen atoms in total. The summed E-state index contributed by atoms with van der Waals surface area (Å²) in [6.07, 6.45) is 0.544. The maximum absolute atomic E-state index is 12.4. The number of piperazine rings is 1. The van der Waals surface area contributed by atoms with E-state index in [2.05, 4.69) is 23.6 Å². The van der Waals surface area contributed by atoms with E-state index in [9.17, 15) is 4.79 Å². The van der Waals surface area contributed by atoms with Crippen molar-refractivity contribution in [2.45, 2.75) is 33.2 Å². The third-order valence-electron chi connectivity index (χ3n) is 4.85. The molecule has 1 aliphatic rings. The number of nitrogens with zero attached hydrogens (tertiary/aromatic N) is 3. The van der Waals surface area contributed by atoms with E-state index in [-0.39, 0.29) is 11.9 Å². The molecule has 1 heterocycles. The highest BCUT2D eigenvalue weighted by Crippen LogP contribution is 2.19. The maximum Gasteiger partial charge on any atom is 0.414 e. The van der Waals surface area contributed by atoms with Crippen molar-refractivity contribution in [3.05, 3.63) is 30.3 Å². The molecular formula is C22H33N3O9. The van der Waals surface area contributed by atoms with Gasteiger partial charge in [-0.3, -0.25) is 9.69 Å². The van der Waals surface area contributed by atoms with Crippen molar-refractivity contribution < 1.29 is 44.4 Å². The Kier molecular flexibility index (Phi) is 14.5. The average Bonchev–Trinajstić information content (AvgIpc) is 2.81. The lowest BCUT2D eigenvalue weighted by molar-refractivity contribution is -0.159. The highest BCUT2D eigenvalue weighted by molar-refractivity contribution is 6.27. The third-order valence-corrected chi connectivity index (χ3v) is 4.85. The summed E-state index contributed by atoms with van der Waals surface area (Å²) in [5, 5.41) is 29.6. The minimum Gasteiger partial charge on any atom is -0.473 e. The van der Waals surface area contributed by atoms with E-state index in [1.807, 2.05) is 42.2 Å². The molecule has 1 amide bonds. The first kappa shape index (κ1) is 30.5. The monoisotopic (exact) mass is 483 g/mol. The fraction of sp³-hybridized carbons (Fsp3) is 0.500. The Bertz CT molecular complexity index is 761. The molecule has 190 valence electrons. The van der Waals surface area contributed by atoms with Crippen LogP contribution in [0.5, 0.6) is 0 Å². The highest BCUT2D eigenvalue weighted by Gasteiger charge is 2.24. The molecular weight excluding hydrogens is 450 g/mol. The van der Waals surface area contributed by atoms with Crippen LogP contribution in [0.3, 0.4) is 0 Å². The molecule has 1 atom stereocenters. The molecule has 1 aromatic rings. The molecule has 1 unspecified atom stereocenters. The van der Waals surface area contributed by atoms with E-state index < -0.39 is 23.9 Å². The number of aliphatic carboxylic acids is 4. The van der Waals surface area contributed by atoms with Crippen molar-refractivity contribution in [2.24, 2.45) is 0 Å². The van der Waals surface area contributed by atoms with Crippen LogP contribution < -0.4 is 4.90 Å². The number of likely N-dealkylation sites (N-methyl/N-ethyl adjacent to an activating group) is 1. The van der Waals surface area contributed by atoms with Crippen LogP contribution in [-0.2, 0) is 24.0 Å². The van der Waals surface area contributed by atoms with Crippen LogP contribution in [0.25, 0.3) is 0 Å². The van der Waals surface area contributed by atoms with Gasteiger partial charge in [-0.1, -0.05) is 32.0 Å². The van der Waals surface area contributed by atoms with Crippen molar-refractivity contribution >= 4 is 35.5 Å². The van der Waals surface area contributed by atoms with Gasteiger partial charge in [0.2, 0.25) is 5.91 Å². The number of amides is 1. The van der Waals surface area contributed by atoms with Gasteiger partial charge in [-0.2, -0.15) is 0 Å². The molecule has 1 aliphatic heterocycles. The van der Waals surface area contributed by atoms with E-state index in [1.54, 1.807) is 0 Å². The Morgan fingerprint density at radius 2 is 1.21 bits per heavy atom. The van der Waals surface area contributed by atoms with Gasteiger partial charge in [-0.25, -0.2) is 19.2 Å². The number of hydrogen-bond acceptors (Lipinski definition) is 7. The molecule has 1 aromatic carbocycles. The van der Waals surface area contributed by atoms with Crippen molar-refractivity contribution in [3.63, 3.8) is 0 Å². The minimum atomic E-state index is -1.82. The van der Waals surface area contributed by atoms with Crippen LogP contribution in [0, 0.1) is 0 Å². The SMILES string of the molecule is CCC(=O)N(c1ccccc1)C(C)CN1CCN(CC)CC1.O=C(O)C(=O)O.O=C(O)C(=O)O. The van der Waals surface area contributed by atoms with E-state index in [1.165, 1.54) is 0 Å². The number of carbonyl (C=O) groups is 5. The van der Waals surface area contributed by atoms with Gasteiger partial charge >= 0.3 is 23.9 Å². The zero-order valence-electron chi connectivity index (χ0n) is 19.6. The first-order chi connectivity index (χ1) is 15.9. The molecule has 34 heavy (non-hydrogen) atoms. The summed E-state index contributed by atoms with van der Waals surface area (Å²) >= 11 is 0. The second-order valence-electron chi connectivity index (χ2n) is 7.26. The second-order valence-corrected chi connectivity index (χ2v) is 7.26. The van der Waals surface area contributed by atoms with Crippen LogP contribution in [0.4, 0.5) is 5.69 Å². The standard InChI is InChI=1S/C18H29N3O.2C2H2O4/c1-4-18(22)21(17-9-7-6-8-10-17)16(3)15-20-13-11-19(5-2)12-14-20;2*3-1(4)2(5)6/h6-10,16H,4-5,11-15H2,1-3H3;2*(H,3,4)(H,5,6). The number of rotatable bonds is 6. The summed E-state index contributed by atoms with van der Waals surface area (Å²) in [6.45, 7) is 12.9. The van der Waals surface area contributed by atoms with E-state index >= 15 is 0 Å². The Morgan fingerprint density at radius 1 is 0.794 bits per heavy atom. The summed E-state index contributed by atoms with van der Waals surface area (Å²) in [7, 11) is 0. The van der Waals surface area contributed by atoms with Gasteiger partial charge in [-0.15, -0.1) is 0 Å². The van der Waals surface area contributed by atoms with Gasteiger partial charge in [0, 0.05) is 50.9 Å². The number of carbonyl (C=O) groups excluding carboxylic acids is 1. The fourth-order valence-electron chi connectivity index (χ4n) is 3.15. The molecule has 12 heteroatoms. The molecule has 0 spiro atoms. The first-order valence-electron chi connectivity index (χ1n) is 10.7. The summed E-state index contributed by atoms with van der Waals surface area (Å²) in [6, 6.07) is 10.2. The van der Waals surface area contributed by atoms with E-state index in [0.29, 0.717) is 6.42 Å². The maximum atomic E-state index is 12.4. The first-order valence-corrected chi connectivity index (χ1v) is 10.7. The summed E-state index contributed by atoms with van der Waals surface area (Å²) < 4.78 is 0. The Balaban J connectivity index is 0.000000750. The summed E-state index contributed by atoms with van der Waals surface area (Å²) in [5.74, 6) is -7.10. The van der Waals surface area contributed by atoms with Crippen molar-refractivity contribution in [3.8, 4) is 0 Å². The number of anilines is 1. The van der Waals surface area contributed by atoms with Gasteiger partial charge in [0.15, 0.2) is 0 Å². The Labute approximate surface area is 198 Å². The highest BCUT2D eigenvalue weighted by atomic mass is 16.4. The van der Waals surface area contributed by atoms with Gasteiger partial charge in [0.05, 0.1) is 0 Å². The van der Waals surface area contributed by atoms with Crippen LogP contribution in [0.1, 0.15) is 27.2 Å². The largest absolute Gasteiger partial charge is 0.473 e. The fourth-order valence-corrected chi connectivity index (χ4v) is 3.15. The second kappa shape index (κ2) is 16.2. The molecule has 0 saturated carbocycles. The van der Waals surface area contributed by atoms with Crippen molar-refractivity contribution in [2.75, 3.05) is 44.2 Å².